The largest absolute Gasteiger partial charge is 0.307 e. The van der Waals surface area contributed by atoms with Crippen LogP contribution in [0.5, 0.6) is 0 Å². The quantitative estimate of drug-likeness (QED) is 0.897. The molecule has 0 aliphatic carbocycles. The number of anilines is 1. The predicted molar refractivity (Wildman–Crippen MR) is 91.7 cm³/mol. The molecule has 0 fully saturated rings. The molecule has 8 heteroatoms. The Kier molecular flexibility index (Phi) is 3.64. The summed E-state index contributed by atoms with van der Waals surface area (Å²) >= 11 is 5.91. The van der Waals surface area contributed by atoms with E-state index in [1.165, 1.54) is 0 Å². The second kappa shape index (κ2) is 5.95. The maximum atomic E-state index is 12.6. The molecule has 3 heterocycles. The maximum Gasteiger partial charge on any atom is 0.257 e. The van der Waals surface area contributed by atoms with Gasteiger partial charge in [0.1, 0.15) is 5.82 Å². The highest BCUT2D eigenvalue weighted by molar-refractivity contribution is 6.30. The van der Waals surface area contributed by atoms with Crippen LogP contribution in [0.4, 0.5) is 5.82 Å². The summed E-state index contributed by atoms with van der Waals surface area (Å²) in [6.45, 7) is 0.415. The van der Waals surface area contributed by atoms with Gasteiger partial charge in [-0.1, -0.05) is 11.6 Å². The predicted octanol–water partition coefficient (Wildman–Crippen LogP) is 2.09. The van der Waals surface area contributed by atoms with E-state index in [-0.39, 0.29) is 5.91 Å². The van der Waals surface area contributed by atoms with Crippen LogP contribution in [0.15, 0.2) is 65.2 Å². The van der Waals surface area contributed by atoms with Gasteiger partial charge in [-0.2, -0.15) is 5.10 Å². The smallest absolute Gasteiger partial charge is 0.257 e. The van der Waals surface area contributed by atoms with Gasteiger partial charge in [-0.3, -0.25) is 9.80 Å². The Balaban J connectivity index is 1.60. The fourth-order valence-corrected chi connectivity index (χ4v) is 2.65. The lowest BCUT2D eigenvalue weighted by Gasteiger charge is -2.15. The zero-order valence-electron chi connectivity index (χ0n) is 12.5. The Morgan fingerprint density at radius 1 is 1.25 bits per heavy atom. The van der Waals surface area contributed by atoms with E-state index in [1.807, 2.05) is 18.3 Å². The third kappa shape index (κ3) is 2.60. The number of hydrogen-bond donors (Lipinski definition) is 2. The summed E-state index contributed by atoms with van der Waals surface area (Å²) in [5.74, 6) is 0.958. The van der Waals surface area contributed by atoms with Gasteiger partial charge in [0.25, 0.3) is 5.91 Å². The third-order valence-corrected chi connectivity index (χ3v) is 3.92. The summed E-state index contributed by atoms with van der Waals surface area (Å²) in [5, 5.41) is 9.51. The number of rotatable bonds is 3. The summed E-state index contributed by atoms with van der Waals surface area (Å²) in [6.07, 6.45) is 6.90. The molecule has 7 nitrogen and oxygen atoms in total. The molecule has 0 saturated carbocycles. The van der Waals surface area contributed by atoms with Gasteiger partial charge in [-0.15, -0.1) is 0 Å². The molecular formula is C16H13ClN6O. The summed E-state index contributed by atoms with van der Waals surface area (Å²) in [5.41, 5.74) is 4.46. The molecule has 24 heavy (non-hydrogen) atoms. The topological polar surface area (TPSA) is 74.5 Å². The van der Waals surface area contributed by atoms with Crippen molar-refractivity contribution >= 4 is 29.5 Å². The summed E-state index contributed by atoms with van der Waals surface area (Å²) < 4.78 is 1.64. The summed E-state index contributed by atoms with van der Waals surface area (Å²) in [7, 11) is 0. The first kappa shape index (κ1) is 14.7. The molecule has 0 radical (unpaired) electrons. The molecule has 2 aromatic rings. The number of aromatic nitrogens is 2. The Labute approximate surface area is 142 Å². The molecule has 0 bridgehead atoms. The number of benzene rings is 1. The van der Waals surface area contributed by atoms with Crippen LogP contribution in [0.3, 0.4) is 0 Å². The van der Waals surface area contributed by atoms with Gasteiger partial charge in [0.15, 0.2) is 5.82 Å². The zero-order valence-corrected chi connectivity index (χ0v) is 13.2. The molecule has 1 aromatic carbocycles. The number of aliphatic imine (C=N–C) groups is 1. The molecule has 2 aliphatic rings. The van der Waals surface area contributed by atoms with Crippen LogP contribution >= 0.6 is 11.6 Å². The number of carbonyl (C=O) groups excluding carboxylic acids is 1. The van der Waals surface area contributed by atoms with Crippen molar-refractivity contribution in [2.75, 3.05) is 11.9 Å². The minimum Gasteiger partial charge on any atom is -0.307 e. The standard InChI is InChI=1S/C16H13ClN6O/c17-11-2-4-12(5-3-11)23-14(6-8-19-23)21-16(24)13-10-20-22-9-1-7-18-15(13)22/h1-9,20H,10H2,(H,21,24). The first-order valence-corrected chi connectivity index (χ1v) is 7.68. The molecule has 2 aliphatic heterocycles. The van der Waals surface area contributed by atoms with Crippen LogP contribution in [0.25, 0.3) is 5.69 Å². The Hall–Kier alpha value is -2.90. The van der Waals surface area contributed by atoms with Crippen molar-refractivity contribution in [2.45, 2.75) is 0 Å². The van der Waals surface area contributed by atoms with Gasteiger partial charge in [-0.25, -0.2) is 15.1 Å². The number of carbonyl (C=O) groups is 1. The average molecular weight is 341 g/mol. The summed E-state index contributed by atoms with van der Waals surface area (Å²) in [4.78, 5) is 16.9. The van der Waals surface area contributed by atoms with E-state index in [1.54, 1.807) is 46.4 Å². The first-order chi connectivity index (χ1) is 11.7. The number of hydrogen-bond acceptors (Lipinski definition) is 5. The van der Waals surface area contributed by atoms with E-state index in [4.69, 9.17) is 11.6 Å². The minimum atomic E-state index is -0.219. The SMILES string of the molecule is O=C(Nc1ccnn1-c1ccc(Cl)cc1)C1=C2N=CC=CN2NC1. The molecule has 120 valence electrons. The molecular weight excluding hydrogens is 328 g/mol. The van der Waals surface area contributed by atoms with Crippen molar-refractivity contribution in [1.82, 2.24) is 20.2 Å². The number of hydrazine groups is 1. The fraction of sp³-hybridized carbons (Fsp3) is 0.0625. The molecule has 1 aromatic heterocycles. The number of amides is 1. The molecule has 0 saturated heterocycles. The normalized spacial score (nSPS) is 15.8. The van der Waals surface area contributed by atoms with Crippen molar-refractivity contribution in [3.63, 3.8) is 0 Å². The molecule has 1 amide bonds. The van der Waals surface area contributed by atoms with E-state index in [0.29, 0.717) is 28.8 Å². The van der Waals surface area contributed by atoms with E-state index in [9.17, 15) is 4.79 Å². The van der Waals surface area contributed by atoms with Crippen molar-refractivity contribution in [2.24, 2.45) is 4.99 Å². The molecule has 0 atom stereocenters. The highest BCUT2D eigenvalue weighted by Gasteiger charge is 2.27. The van der Waals surface area contributed by atoms with Crippen LogP contribution < -0.4 is 10.7 Å². The van der Waals surface area contributed by atoms with E-state index < -0.39 is 0 Å². The number of nitrogens with zero attached hydrogens (tertiary/aromatic N) is 4. The van der Waals surface area contributed by atoms with Crippen LogP contribution in [0.2, 0.25) is 5.02 Å². The van der Waals surface area contributed by atoms with Gasteiger partial charge >= 0.3 is 0 Å². The summed E-state index contributed by atoms with van der Waals surface area (Å²) in [6, 6.07) is 8.96. The van der Waals surface area contributed by atoms with Gasteiger partial charge in [0, 0.05) is 30.0 Å². The van der Waals surface area contributed by atoms with Crippen LogP contribution in [0.1, 0.15) is 0 Å². The van der Waals surface area contributed by atoms with Crippen LogP contribution in [-0.4, -0.2) is 33.5 Å². The highest BCUT2D eigenvalue weighted by Crippen LogP contribution is 2.22. The highest BCUT2D eigenvalue weighted by atomic mass is 35.5. The number of halogens is 1. The van der Waals surface area contributed by atoms with Gasteiger partial charge in [0.05, 0.1) is 17.5 Å². The molecule has 4 rings (SSSR count). The molecule has 0 unspecified atom stereocenters. The van der Waals surface area contributed by atoms with Crippen molar-refractivity contribution in [3.8, 4) is 5.69 Å². The monoisotopic (exact) mass is 340 g/mol. The van der Waals surface area contributed by atoms with Gasteiger partial charge in [0.2, 0.25) is 0 Å². The van der Waals surface area contributed by atoms with E-state index in [2.05, 4.69) is 20.8 Å². The second-order valence-electron chi connectivity index (χ2n) is 5.19. The van der Waals surface area contributed by atoms with E-state index >= 15 is 0 Å². The van der Waals surface area contributed by atoms with Crippen molar-refractivity contribution < 1.29 is 4.79 Å². The maximum absolute atomic E-state index is 12.6. The van der Waals surface area contributed by atoms with Crippen molar-refractivity contribution in [1.29, 1.82) is 0 Å². The van der Waals surface area contributed by atoms with Gasteiger partial charge in [-0.05, 0) is 30.3 Å². The molecule has 0 spiro atoms. The third-order valence-electron chi connectivity index (χ3n) is 3.67. The van der Waals surface area contributed by atoms with Crippen LogP contribution in [-0.2, 0) is 4.79 Å². The minimum absolute atomic E-state index is 0.219. The number of fused-ring (bicyclic) bond motifs is 1. The van der Waals surface area contributed by atoms with Crippen LogP contribution in [0, 0.1) is 0 Å². The van der Waals surface area contributed by atoms with Crippen molar-refractivity contribution in [3.05, 3.63) is 65.2 Å². The average Bonchev–Trinajstić information content (AvgIpc) is 3.22. The Morgan fingerprint density at radius 3 is 2.92 bits per heavy atom. The lowest BCUT2D eigenvalue weighted by atomic mass is 10.2. The zero-order chi connectivity index (χ0) is 16.5. The number of allylic oxidation sites excluding steroid dienone is 1. The fourth-order valence-electron chi connectivity index (χ4n) is 2.52. The molecule has 2 N–H and O–H groups in total. The first-order valence-electron chi connectivity index (χ1n) is 7.30. The lowest BCUT2D eigenvalue weighted by molar-refractivity contribution is -0.112. The number of nitrogens with one attached hydrogen (secondary N) is 2. The second-order valence-corrected chi connectivity index (χ2v) is 5.62. The van der Waals surface area contributed by atoms with E-state index in [0.717, 1.165) is 5.69 Å². The Morgan fingerprint density at radius 2 is 2.08 bits per heavy atom. The lowest BCUT2D eigenvalue weighted by Crippen LogP contribution is -2.27. The van der Waals surface area contributed by atoms with Gasteiger partial charge < -0.3 is 5.32 Å². The Bertz CT molecular complexity index is 880.